The molecule has 1 aliphatic rings. The number of hydrogen-bond donors (Lipinski definition) is 2. The molecule has 0 atom stereocenters. The van der Waals surface area contributed by atoms with Gasteiger partial charge in [-0.3, -0.25) is 4.99 Å². The average Bonchev–Trinajstić information content (AvgIpc) is 3.12. The molecule has 1 aromatic carbocycles. The first kappa shape index (κ1) is 22.6. The highest BCUT2D eigenvalue weighted by atomic mass is 127. The molecule has 0 aromatic heterocycles. The van der Waals surface area contributed by atoms with E-state index in [0.29, 0.717) is 12.6 Å². The van der Waals surface area contributed by atoms with Gasteiger partial charge in [-0.25, -0.2) is 0 Å². The Morgan fingerprint density at radius 1 is 1.19 bits per heavy atom. The van der Waals surface area contributed by atoms with Crippen LogP contribution >= 0.6 is 24.0 Å². The Bertz CT molecular complexity index is 582. The normalized spacial score (nSPS) is 14.0. The Labute approximate surface area is 174 Å². The third-order valence-electron chi connectivity index (χ3n) is 4.11. The molecule has 0 amide bonds. The van der Waals surface area contributed by atoms with Gasteiger partial charge in [-0.15, -0.1) is 24.0 Å². The van der Waals surface area contributed by atoms with Gasteiger partial charge in [-0.1, -0.05) is 18.2 Å². The number of methoxy groups -OCH3 is 1. The Kier molecular flexibility index (Phi) is 11.2. The number of benzene rings is 1. The number of halogens is 1. The number of ether oxygens (including phenoxy) is 2. The van der Waals surface area contributed by atoms with Crippen molar-refractivity contribution in [2.75, 3.05) is 26.8 Å². The van der Waals surface area contributed by atoms with Crippen LogP contribution in [0.5, 0.6) is 11.5 Å². The SMILES string of the molecule is CCNC(=NCCCc1ccc(OC)c(OCC)c1)NC1CC=CC1.I. The number of aryl methyl sites for hydroxylation is 1. The van der Waals surface area contributed by atoms with E-state index < -0.39 is 0 Å². The smallest absolute Gasteiger partial charge is 0.191 e. The first-order valence-electron chi connectivity index (χ1n) is 9.26. The zero-order valence-electron chi connectivity index (χ0n) is 16.1. The van der Waals surface area contributed by atoms with E-state index >= 15 is 0 Å². The van der Waals surface area contributed by atoms with Gasteiger partial charge in [0.2, 0.25) is 0 Å². The fraction of sp³-hybridized carbons (Fsp3) is 0.550. The molecule has 0 saturated carbocycles. The van der Waals surface area contributed by atoms with Crippen molar-refractivity contribution in [1.29, 1.82) is 0 Å². The quantitative estimate of drug-likeness (QED) is 0.188. The molecule has 26 heavy (non-hydrogen) atoms. The van der Waals surface area contributed by atoms with Crippen molar-refractivity contribution in [2.45, 2.75) is 45.6 Å². The summed E-state index contributed by atoms with van der Waals surface area (Å²) in [5.74, 6) is 2.52. The molecule has 1 aliphatic carbocycles. The maximum absolute atomic E-state index is 5.64. The molecular formula is C20H32IN3O2. The van der Waals surface area contributed by atoms with Gasteiger partial charge in [-0.05, 0) is 57.2 Å². The number of guanidine groups is 1. The molecule has 6 heteroatoms. The molecule has 0 bridgehead atoms. The summed E-state index contributed by atoms with van der Waals surface area (Å²) in [7, 11) is 1.67. The average molecular weight is 473 g/mol. The highest BCUT2D eigenvalue weighted by molar-refractivity contribution is 14.0. The van der Waals surface area contributed by atoms with Crippen molar-refractivity contribution in [3.05, 3.63) is 35.9 Å². The minimum atomic E-state index is 0. The lowest BCUT2D eigenvalue weighted by molar-refractivity contribution is 0.310. The first-order valence-corrected chi connectivity index (χ1v) is 9.26. The maximum Gasteiger partial charge on any atom is 0.191 e. The summed E-state index contributed by atoms with van der Waals surface area (Å²) in [5, 5.41) is 6.82. The van der Waals surface area contributed by atoms with Crippen molar-refractivity contribution >= 4 is 29.9 Å². The molecule has 146 valence electrons. The van der Waals surface area contributed by atoms with Gasteiger partial charge in [0.05, 0.1) is 13.7 Å². The van der Waals surface area contributed by atoms with Crippen molar-refractivity contribution in [3.63, 3.8) is 0 Å². The number of aliphatic imine (C=N–C) groups is 1. The van der Waals surface area contributed by atoms with Crippen LogP contribution in [0, 0.1) is 0 Å². The van der Waals surface area contributed by atoms with E-state index in [2.05, 4.69) is 41.8 Å². The topological polar surface area (TPSA) is 54.9 Å². The lowest BCUT2D eigenvalue weighted by atomic mass is 10.1. The molecular weight excluding hydrogens is 441 g/mol. The van der Waals surface area contributed by atoms with E-state index in [4.69, 9.17) is 14.5 Å². The van der Waals surface area contributed by atoms with Crippen LogP contribution in [0.1, 0.15) is 38.7 Å². The molecule has 0 unspecified atom stereocenters. The van der Waals surface area contributed by atoms with Crippen molar-refractivity contribution in [3.8, 4) is 11.5 Å². The highest BCUT2D eigenvalue weighted by Gasteiger charge is 2.11. The molecule has 0 heterocycles. The van der Waals surface area contributed by atoms with Gasteiger partial charge in [0.1, 0.15) is 0 Å². The Hall–Kier alpha value is -1.44. The fourth-order valence-electron chi connectivity index (χ4n) is 2.87. The lowest BCUT2D eigenvalue weighted by Gasteiger charge is -2.16. The number of nitrogens with one attached hydrogen (secondary N) is 2. The maximum atomic E-state index is 5.64. The van der Waals surface area contributed by atoms with Crippen LogP contribution in [0.3, 0.4) is 0 Å². The minimum Gasteiger partial charge on any atom is -0.493 e. The zero-order chi connectivity index (χ0) is 17.9. The number of nitrogens with zero attached hydrogens (tertiary/aromatic N) is 1. The van der Waals surface area contributed by atoms with Gasteiger partial charge in [-0.2, -0.15) is 0 Å². The fourth-order valence-corrected chi connectivity index (χ4v) is 2.87. The summed E-state index contributed by atoms with van der Waals surface area (Å²) in [6, 6.07) is 6.62. The Morgan fingerprint density at radius 3 is 2.62 bits per heavy atom. The summed E-state index contributed by atoms with van der Waals surface area (Å²) in [6.45, 7) is 6.39. The van der Waals surface area contributed by atoms with Crippen LogP contribution in [0.15, 0.2) is 35.3 Å². The third kappa shape index (κ3) is 7.43. The zero-order valence-corrected chi connectivity index (χ0v) is 18.4. The van der Waals surface area contributed by atoms with Gasteiger partial charge in [0.25, 0.3) is 0 Å². The summed E-state index contributed by atoms with van der Waals surface area (Å²) in [6.07, 6.45) is 8.57. The van der Waals surface area contributed by atoms with Crippen LogP contribution in [0.25, 0.3) is 0 Å². The predicted octanol–water partition coefficient (Wildman–Crippen LogP) is 3.92. The molecule has 5 nitrogen and oxygen atoms in total. The minimum absolute atomic E-state index is 0. The van der Waals surface area contributed by atoms with E-state index in [9.17, 15) is 0 Å². The van der Waals surface area contributed by atoms with E-state index in [1.54, 1.807) is 7.11 Å². The summed E-state index contributed by atoms with van der Waals surface area (Å²) in [4.78, 5) is 4.70. The largest absolute Gasteiger partial charge is 0.493 e. The second kappa shape index (κ2) is 12.8. The molecule has 0 aliphatic heterocycles. The van der Waals surface area contributed by atoms with Crippen LogP contribution < -0.4 is 20.1 Å². The van der Waals surface area contributed by atoms with E-state index in [1.165, 1.54) is 5.56 Å². The molecule has 0 saturated heterocycles. The molecule has 2 N–H and O–H groups in total. The standard InChI is InChI=1S/C20H31N3O2.HI/c1-4-21-20(23-17-10-6-7-11-17)22-14-8-9-16-12-13-18(24-3)19(15-16)25-5-2;/h6-7,12-13,15,17H,4-5,8-11,14H2,1-3H3,(H2,21,22,23);1H. The summed E-state index contributed by atoms with van der Waals surface area (Å²) >= 11 is 0. The van der Waals surface area contributed by atoms with Gasteiger partial charge >= 0.3 is 0 Å². The summed E-state index contributed by atoms with van der Waals surface area (Å²) in [5.41, 5.74) is 1.25. The molecule has 0 radical (unpaired) electrons. The first-order chi connectivity index (χ1) is 12.3. The van der Waals surface area contributed by atoms with Crippen LogP contribution in [-0.2, 0) is 6.42 Å². The molecule has 1 aromatic rings. The van der Waals surface area contributed by atoms with Crippen molar-refractivity contribution in [1.82, 2.24) is 10.6 Å². The van der Waals surface area contributed by atoms with Gasteiger partial charge in [0, 0.05) is 19.1 Å². The van der Waals surface area contributed by atoms with E-state index in [0.717, 1.165) is 56.2 Å². The van der Waals surface area contributed by atoms with Crippen LogP contribution in [0.2, 0.25) is 0 Å². The monoisotopic (exact) mass is 473 g/mol. The van der Waals surface area contributed by atoms with E-state index in [-0.39, 0.29) is 24.0 Å². The van der Waals surface area contributed by atoms with Crippen molar-refractivity contribution < 1.29 is 9.47 Å². The number of hydrogen-bond acceptors (Lipinski definition) is 3. The Morgan fingerprint density at radius 2 is 1.96 bits per heavy atom. The number of rotatable bonds is 9. The second-order valence-electron chi connectivity index (χ2n) is 6.07. The third-order valence-corrected chi connectivity index (χ3v) is 4.11. The Balaban J connectivity index is 0.00000338. The van der Waals surface area contributed by atoms with Crippen molar-refractivity contribution in [2.24, 2.45) is 4.99 Å². The van der Waals surface area contributed by atoms with Crippen LogP contribution in [0.4, 0.5) is 0 Å². The van der Waals surface area contributed by atoms with E-state index in [1.807, 2.05) is 13.0 Å². The van der Waals surface area contributed by atoms with Crippen LogP contribution in [-0.4, -0.2) is 38.8 Å². The molecule has 2 rings (SSSR count). The molecule has 0 spiro atoms. The second-order valence-corrected chi connectivity index (χ2v) is 6.07. The van der Waals surface area contributed by atoms with Gasteiger partial charge < -0.3 is 20.1 Å². The predicted molar refractivity (Wildman–Crippen MR) is 119 cm³/mol. The van der Waals surface area contributed by atoms with Gasteiger partial charge in [0.15, 0.2) is 17.5 Å². The highest BCUT2D eigenvalue weighted by Crippen LogP contribution is 2.28. The lowest BCUT2D eigenvalue weighted by Crippen LogP contribution is -2.42. The summed E-state index contributed by atoms with van der Waals surface area (Å²) < 4.78 is 11.0. The molecule has 0 fully saturated rings.